The van der Waals surface area contributed by atoms with Gasteiger partial charge in [0.25, 0.3) is 0 Å². The Bertz CT molecular complexity index is 1030. The molecular weight excluding hydrogens is 354 g/mol. The number of allylic oxidation sites excluding steroid dienone is 3. The number of ether oxygens (including phenoxy) is 2. The van der Waals surface area contributed by atoms with E-state index in [-0.39, 0.29) is 18.5 Å². The quantitative estimate of drug-likeness (QED) is 0.813. The molecule has 1 aliphatic heterocycles. The van der Waals surface area contributed by atoms with E-state index < -0.39 is 5.41 Å². The topological polar surface area (TPSA) is 64.6 Å². The van der Waals surface area contributed by atoms with Crippen molar-refractivity contribution in [2.45, 2.75) is 24.7 Å². The third kappa shape index (κ3) is 2.80. The lowest BCUT2D eigenvalue weighted by molar-refractivity contribution is -0.122. The number of carbonyl (C=O) groups excluding carboxylic acids is 2. The van der Waals surface area contributed by atoms with Crippen LogP contribution < -0.4 is 14.8 Å². The van der Waals surface area contributed by atoms with Crippen LogP contribution in [0.3, 0.4) is 0 Å². The van der Waals surface area contributed by atoms with Crippen LogP contribution in [-0.2, 0) is 10.2 Å². The number of rotatable bonds is 5. The highest BCUT2D eigenvalue weighted by molar-refractivity contribution is 6.09. The lowest BCUT2D eigenvalue weighted by atomic mass is 9.94. The average molecular weight is 373 g/mol. The molecule has 5 rings (SSSR count). The highest BCUT2D eigenvalue weighted by Gasteiger charge is 2.52. The molecule has 1 saturated carbocycles. The zero-order chi connectivity index (χ0) is 19.1. The lowest BCUT2D eigenvalue weighted by Gasteiger charge is -2.17. The van der Waals surface area contributed by atoms with E-state index >= 15 is 0 Å². The fraction of sp³-hybridized carbons (Fsp3) is 0.217. The molecule has 5 nitrogen and oxygen atoms in total. The van der Waals surface area contributed by atoms with E-state index in [9.17, 15) is 9.59 Å². The Balaban J connectivity index is 1.26. The van der Waals surface area contributed by atoms with Crippen molar-refractivity contribution in [2.24, 2.45) is 0 Å². The van der Waals surface area contributed by atoms with Crippen LogP contribution in [-0.4, -0.2) is 18.5 Å². The molecule has 0 aromatic heterocycles. The second kappa shape index (κ2) is 6.37. The fourth-order valence-corrected chi connectivity index (χ4v) is 3.77. The molecule has 5 heteroatoms. The molecule has 1 N–H and O–H groups in total. The van der Waals surface area contributed by atoms with Gasteiger partial charge < -0.3 is 14.8 Å². The Morgan fingerprint density at radius 2 is 1.71 bits per heavy atom. The highest BCUT2D eigenvalue weighted by atomic mass is 16.7. The summed E-state index contributed by atoms with van der Waals surface area (Å²) in [6, 6.07) is 14.9. The van der Waals surface area contributed by atoms with Crippen LogP contribution in [0.4, 0.5) is 0 Å². The molecule has 0 bridgehead atoms. The minimum absolute atomic E-state index is 0.00185. The first-order chi connectivity index (χ1) is 13.7. The summed E-state index contributed by atoms with van der Waals surface area (Å²) in [7, 11) is 0. The van der Waals surface area contributed by atoms with E-state index in [0.29, 0.717) is 29.1 Å². The van der Waals surface area contributed by atoms with E-state index in [1.54, 1.807) is 18.2 Å². The summed E-state index contributed by atoms with van der Waals surface area (Å²) >= 11 is 0. The normalized spacial score (nSPS) is 18.3. The summed E-state index contributed by atoms with van der Waals surface area (Å²) in [5.41, 5.74) is 2.54. The third-order valence-corrected chi connectivity index (χ3v) is 5.58. The van der Waals surface area contributed by atoms with Crippen molar-refractivity contribution in [2.75, 3.05) is 6.79 Å². The van der Waals surface area contributed by atoms with Crippen molar-refractivity contribution < 1.29 is 19.1 Å². The van der Waals surface area contributed by atoms with Gasteiger partial charge >= 0.3 is 0 Å². The molecule has 3 aliphatic rings. The molecule has 1 fully saturated rings. The first kappa shape index (κ1) is 16.8. The summed E-state index contributed by atoms with van der Waals surface area (Å²) in [6.07, 6.45) is 5.66. The van der Waals surface area contributed by atoms with E-state index in [4.69, 9.17) is 9.47 Å². The van der Waals surface area contributed by atoms with Crippen LogP contribution in [0, 0.1) is 0 Å². The Kier molecular flexibility index (Phi) is 3.83. The monoisotopic (exact) mass is 373 g/mol. The average Bonchev–Trinajstić information content (AvgIpc) is 3.19. The van der Waals surface area contributed by atoms with Crippen molar-refractivity contribution >= 4 is 11.7 Å². The van der Waals surface area contributed by atoms with Gasteiger partial charge in [-0.1, -0.05) is 42.5 Å². The number of amides is 1. The maximum atomic E-state index is 13.0. The van der Waals surface area contributed by atoms with Crippen molar-refractivity contribution in [3.05, 3.63) is 83.1 Å². The molecule has 1 heterocycles. The zero-order valence-corrected chi connectivity index (χ0v) is 15.2. The molecule has 2 aromatic rings. The molecule has 28 heavy (non-hydrogen) atoms. The molecule has 0 saturated heterocycles. The van der Waals surface area contributed by atoms with Crippen LogP contribution in [0.15, 0.2) is 72.0 Å². The van der Waals surface area contributed by atoms with E-state index in [2.05, 4.69) is 5.32 Å². The summed E-state index contributed by atoms with van der Waals surface area (Å²) in [5.74, 6) is 1.37. The number of benzene rings is 2. The van der Waals surface area contributed by atoms with Crippen molar-refractivity contribution in [1.29, 1.82) is 0 Å². The van der Waals surface area contributed by atoms with Crippen molar-refractivity contribution in [3.8, 4) is 11.5 Å². The SMILES string of the molecule is O=C(C1=CC=C(NC(=O)C2(c3ccc4c(c3)OCO4)CC2)C1)c1ccccc1. The molecule has 0 atom stereocenters. The van der Waals surface area contributed by atoms with Gasteiger partial charge in [-0.25, -0.2) is 0 Å². The molecule has 0 spiro atoms. The first-order valence-electron chi connectivity index (χ1n) is 9.37. The van der Waals surface area contributed by atoms with Crippen LogP contribution in [0.1, 0.15) is 35.2 Å². The maximum absolute atomic E-state index is 13.0. The van der Waals surface area contributed by atoms with E-state index in [0.717, 1.165) is 24.1 Å². The van der Waals surface area contributed by atoms with Gasteiger partial charge in [0.05, 0.1) is 5.41 Å². The minimum Gasteiger partial charge on any atom is -0.454 e. The number of nitrogens with one attached hydrogen (secondary N) is 1. The Morgan fingerprint density at radius 1 is 0.929 bits per heavy atom. The predicted molar refractivity (Wildman–Crippen MR) is 103 cm³/mol. The molecule has 2 aliphatic carbocycles. The van der Waals surface area contributed by atoms with Gasteiger partial charge in [0.15, 0.2) is 17.3 Å². The summed E-state index contributed by atoms with van der Waals surface area (Å²) in [5, 5.41) is 3.03. The number of hydrogen-bond acceptors (Lipinski definition) is 4. The molecule has 0 radical (unpaired) electrons. The van der Waals surface area contributed by atoms with Crippen molar-refractivity contribution in [1.82, 2.24) is 5.32 Å². The van der Waals surface area contributed by atoms with Crippen LogP contribution in [0.5, 0.6) is 11.5 Å². The zero-order valence-electron chi connectivity index (χ0n) is 15.2. The second-order valence-electron chi connectivity index (χ2n) is 7.36. The smallest absolute Gasteiger partial charge is 0.234 e. The molecule has 2 aromatic carbocycles. The van der Waals surface area contributed by atoms with Crippen molar-refractivity contribution in [3.63, 3.8) is 0 Å². The molecule has 0 unspecified atom stereocenters. The number of carbonyl (C=O) groups is 2. The van der Waals surface area contributed by atoms with Gasteiger partial charge in [-0.2, -0.15) is 0 Å². The number of ketones is 1. The summed E-state index contributed by atoms with van der Waals surface area (Å²) in [6.45, 7) is 0.217. The van der Waals surface area contributed by atoms with Crippen LogP contribution in [0.2, 0.25) is 0 Å². The second-order valence-corrected chi connectivity index (χ2v) is 7.36. The van der Waals surface area contributed by atoms with E-state index in [1.165, 1.54) is 0 Å². The van der Waals surface area contributed by atoms with Gasteiger partial charge in [-0.05, 0) is 36.6 Å². The highest BCUT2D eigenvalue weighted by Crippen LogP contribution is 2.50. The van der Waals surface area contributed by atoms with Gasteiger partial charge in [0, 0.05) is 23.3 Å². The molecular formula is C23H19NO4. The van der Waals surface area contributed by atoms with Gasteiger partial charge in [-0.3, -0.25) is 9.59 Å². The lowest BCUT2D eigenvalue weighted by Crippen LogP contribution is -2.34. The minimum atomic E-state index is -0.520. The number of Topliss-reactive ketones (excluding diaryl/α,β-unsaturated/α-hetero) is 1. The predicted octanol–water partition coefficient (Wildman–Crippen LogP) is 3.66. The molecule has 1 amide bonds. The summed E-state index contributed by atoms with van der Waals surface area (Å²) < 4.78 is 10.8. The third-order valence-electron chi connectivity index (χ3n) is 5.58. The number of hydrogen-bond donors (Lipinski definition) is 1. The largest absolute Gasteiger partial charge is 0.454 e. The standard InChI is InChI=1S/C23H19NO4/c25-21(15-4-2-1-3-5-15)16-6-8-18(12-16)24-22(26)23(10-11-23)17-7-9-19-20(13-17)28-14-27-19/h1-9,13H,10-12,14H2,(H,24,26). The van der Waals surface area contributed by atoms with E-state index in [1.807, 2.05) is 42.5 Å². The Hall–Kier alpha value is -3.34. The van der Waals surface area contributed by atoms with Gasteiger partial charge in [0.2, 0.25) is 12.7 Å². The summed E-state index contributed by atoms with van der Waals surface area (Å²) in [4.78, 5) is 25.6. The Morgan fingerprint density at radius 3 is 2.50 bits per heavy atom. The molecule has 140 valence electrons. The van der Waals surface area contributed by atoms with Crippen LogP contribution >= 0.6 is 0 Å². The Labute approximate surface area is 162 Å². The number of fused-ring (bicyclic) bond motifs is 1. The van der Waals surface area contributed by atoms with Gasteiger partial charge in [-0.15, -0.1) is 0 Å². The van der Waals surface area contributed by atoms with Crippen LogP contribution in [0.25, 0.3) is 0 Å². The van der Waals surface area contributed by atoms with Gasteiger partial charge in [0.1, 0.15) is 0 Å². The first-order valence-corrected chi connectivity index (χ1v) is 9.37. The fourth-order valence-electron chi connectivity index (χ4n) is 3.77. The maximum Gasteiger partial charge on any atom is 0.234 e.